The van der Waals surface area contributed by atoms with Crippen LogP contribution >= 0.6 is 23.2 Å². The predicted octanol–water partition coefficient (Wildman–Crippen LogP) is 7.85. The summed E-state index contributed by atoms with van der Waals surface area (Å²) in [5.74, 6) is -0.318. The molecular weight excluding hydrogens is 595 g/mol. The molecule has 2 amide bonds. The second-order valence-electron chi connectivity index (χ2n) is 13.3. The molecule has 232 valence electrons. The average Bonchev–Trinajstić information content (AvgIpc) is 3.58. The number of halogens is 2. The van der Waals surface area contributed by atoms with Gasteiger partial charge in [-0.25, -0.2) is 0 Å². The van der Waals surface area contributed by atoms with Crippen molar-refractivity contribution in [2.75, 3.05) is 0 Å². The first kappa shape index (κ1) is 31.9. The predicted molar refractivity (Wildman–Crippen MR) is 175 cm³/mol. The van der Waals surface area contributed by atoms with Crippen molar-refractivity contribution in [1.82, 2.24) is 25.6 Å². The van der Waals surface area contributed by atoms with Gasteiger partial charge in [0.15, 0.2) is 0 Å². The van der Waals surface area contributed by atoms with E-state index >= 15 is 0 Å². The van der Waals surface area contributed by atoms with Gasteiger partial charge in [-0.1, -0.05) is 67.3 Å². The van der Waals surface area contributed by atoms with Gasteiger partial charge in [-0.15, -0.1) is 0 Å². The van der Waals surface area contributed by atoms with Crippen LogP contribution in [-0.2, 0) is 11.3 Å². The maximum atomic E-state index is 14.5. The van der Waals surface area contributed by atoms with Crippen molar-refractivity contribution in [3.8, 4) is 0 Å². The van der Waals surface area contributed by atoms with Gasteiger partial charge >= 0.3 is 0 Å². The third kappa shape index (κ3) is 7.08. The van der Waals surface area contributed by atoms with Gasteiger partial charge in [-0.05, 0) is 93.7 Å². The highest BCUT2D eigenvalue weighted by Crippen LogP contribution is 2.48. The normalized spacial score (nSPS) is 19.3. The molecule has 5 rings (SSSR count). The zero-order valence-corrected chi connectivity index (χ0v) is 27.5. The number of H-pyrrole nitrogens is 1. The van der Waals surface area contributed by atoms with Crippen molar-refractivity contribution in [2.45, 2.75) is 91.4 Å². The van der Waals surface area contributed by atoms with Crippen molar-refractivity contribution in [3.63, 3.8) is 0 Å². The Bertz CT molecular complexity index is 1550. The van der Waals surface area contributed by atoms with E-state index < -0.39 is 5.66 Å². The number of nitrogens with zero attached hydrogens (tertiary/aromatic N) is 4. The van der Waals surface area contributed by atoms with Crippen LogP contribution < -0.4 is 5.32 Å². The average molecular weight is 636 g/mol. The quantitative estimate of drug-likeness (QED) is 0.246. The standard InChI is InChI=1S/C34H40Cl2N6O2/c1-21(2)22-10-14-34(15-11-22)39-30(25-16-26(35)18-27(36)17-25)32(44)42(34)29(12-13-33(3,4)5)23-6-8-24(9-7-23)31(43)37-19-28-20-38-41-40-28/h6-9,16-18,20,29H,10-15,19H2,1-5H3,(H,37,43)(H,38,40,41). The van der Waals surface area contributed by atoms with Gasteiger partial charge < -0.3 is 10.2 Å². The number of rotatable bonds is 8. The van der Waals surface area contributed by atoms with E-state index in [1.807, 2.05) is 29.2 Å². The van der Waals surface area contributed by atoms with Crippen LogP contribution in [0.4, 0.5) is 0 Å². The van der Waals surface area contributed by atoms with Crippen molar-refractivity contribution >= 4 is 40.7 Å². The molecule has 8 nitrogen and oxygen atoms in total. The van der Waals surface area contributed by atoms with Gasteiger partial charge in [0.2, 0.25) is 0 Å². The zero-order valence-electron chi connectivity index (χ0n) is 26.0. The number of nitrogens with one attached hydrogen (secondary N) is 2. The Morgan fingerprint density at radius 3 is 2.30 bits per heavy atom. The monoisotopic (exact) mass is 634 g/mol. The molecule has 2 aliphatic rings. The molecule has 3 aromatic rings. The third-order valence-corrected chi connectivity index (χ3v) is 9.06. The fourth-order valence-electron chi connectivity index (χ4n) is 6.18. The molecule has 1 aliphatic carbocycles. The van der Waals surface area contributed by atoms with Crippen LogP contribution in [0.15, 0.2) is 64.8 Å². The van der Waals surface area contributed by atoms with E-state index in [-0.39, 0.29) is 29.8 Å². The summed E-state index contributed by atoms with van der Waals surface area (Å²) in [6.07, 6.45) is 6.48. The fourth-order valence-corrected chi connectivity index (χ4v) is 6.71. The first-order chi connectivity index (χ1) is 20.8. The molecule has 1 fully saturated rings. The molecule has 44 heavy (non-hydrogen) atoms. The molecule has 1 atom stereocenters. The summed E-state index contributed by atoms with van der Waals surface area (Å²) in [5, 5.41) is 14.1. The number of hydrogen-bond acceptors (Lipinski definition) is 5. The summed E-state index contributed by atoms with van der Waals surface area (Å²) in [6, 6.07) is 12.5. The van der Waals surface area contributed by atoms with Gasteiger partial charge in [-0.2, -0.15) is 15.4 Å². The fraction of sp³-hybridized carbons (Fsp3) is 0.441. The Hall–Kier alpha value is -3.49. The van der Waals surface area contributed by atoms with E-state index in [9.17, 15) is 9.59 Å². The number of carbonyl (C=O) groups excluding carboxylic acids is 2. The van der Waals surface area contributed by atoms with E-state index in [2.05, 4.69) is 55.3 Å². The lowest BCUT2D eigenvalue weighted by molar-refractivity contribution is -0.132. The van der Waals surface area contributed by atoms with Crippen molar-refractivity contribution < 1.29 is 9.59 Å². The highest BCUT2D eigenvalue weighted by Gasteiger charge is 2.51. The summed E-state index contributed by atoms with van der Waals surface area (Å²) in [7, 11) is 0. The minimum atomic E-state index is -0.684. The van der Waals surface area contributed by atoms with Gasteiger partial charge in [0.25, 0.3) is 11.8 Å². The molecule has 1 aromatic heterocycles. The number of benzene rings is 2. The molecule has 2 N–H and O–H groups in total. The molecule has 1 saturated carbocycles. The molecule has 0 radical (unpaired) electrons. The maximum Gasteiger partial charge on any atom is 0.275 e. The molecule has 1 aliphatic heterocycles. The van der Waals surface area contributed by atoms with Gasteiger partial charge in [0.05, 0.1) is 18.8 Å². The smallest absolute Gasteiger partial charge is 0.275 e. The third-order valence-electron chi connectivity index (χ3n) is 8.62. The molecule has 1 unspecified atom stereocenters. The molecule has 1 spiro atoms. The van der Waals surface area contributed by atoms with Gasteiger partial charge in [0.1, 0.15) is 17.1 Å². The number of allylic oxidation sites excluding steroid dienone is 2. The lowest BCUT2D eigenvalue weighted by Crippen LogP contribution is -2.50. The van der Waals surface area contributed by atoms with E-state index in [1.165, 1.54) is 11.1 Å². The Morgan fingerprint density at radius 2 is 1.73 bits per heavy atom. The van der Waals surface area contributed by atoms with Crippen LogP contribution in [0.5, 0.6) is 0 Å². The lowest BCUT2D eigenvalue weighted by Gasteiger charge is -2.45. The lowest BCUT2D eigenvalue weighted by atomic mass is 9.81. The molecule has 0 saturated heterocycles. The second kappa shape index (κ2) is 12.9. The number of aromatic nitrogens is 3. The minimum Gasteiger partial charge on any atom is -0.346 e. The van der Waals surface area contributed by atoms with Crippen LogP contribution in [-0.4, -0.2) is 43.5 Å². The Labute approximate surface area is 269 Å². The van der Waals surface area contributed by atoms with E-state index in [4.69, 9.17) is 28.2 Å². The first-order valence-electron chi connectivity index (χ1n) is 15.1. The van der Waals surface area contributed by atoms with Crippen LogP contribution in [0.25, 0.3) is 0 Å². The number of aliphatic imine (C=N–C) groups is 1. The molecule has 2 aromatic carbocycles. The largest absolute Gasteiger partial charge is 0.346 e. The molecule has 0 bridgehead atoms. The van der Waals surface area contributed by atoms with Crippen molar-refractivity contribution in [2.24, 2.45) is 10.4 Å². The van der Waals surface area contributed by atoms with Crippen LogP contribution in [0, 0.1) is 5.41 Å². The zero-order chi connectivity index (χ0) is 31.6. The van der Waals surface area contributed by atoms with Crippen molar-refractivity contribution in [3.05, 3.63) is 92.2 Å². The van der Waals surface area contributed by atoms with Crippen LogP contribution in [0.2, 0.25) is 10.0 Å². The summed E-state index contributed by atoms with van der Waals surface area (Å²) in [6.45, 7) is 11.2. The summed E-state index contributed by atoms with van der Waals surface area (Å²) < 4.78 is 0. The van der Waals surface area contributed by atoms with E-state index in [0.717, 1.165) is 44.1 Å². The van der Waals surface area contributed by atoms with Crippen molar-refractivity contribution in [1.29, 1.82) is 0 Å². The Balaban J connectivity index is 1.51. The minimum absolute atomic E-state index is 0.0566. The van der Waals surface area contributed by atoms with Gasteiger partial charge in [-0.3, -0.25) is 14.6 Å². The molecular formula is C34H40Cl2N6O2. The van der Waals surface area contributed by atoms with Crippen LogP contribution in [0.1, 0.15) is 106 Å². The number of aromatic amines is 1. The summed E-state index contributed by atoms with van der Waals surface area (Å²) in [4.78, 5) is 34.7. The van der Waals surface area contributed by atoms with Gasteiger partial charge in [0, 0.05) is 21.2 Å². The number of hydrogen-bond donors (Lipinski definition) is 2. The summed E-state index contributed by atoms with van der Waals surface area (Å²) in [5.41, 5.74) is 5.34. The highest BCUT2D eigenvalue weighted by atomic mass is 35.5. The number of amides is 2. The van der Waals surface area contributed by atoms with Crippen LogP contribution in [0.3, 0.4) is 0 Å². The molecule has 2 heterocycles. The SMILES string of the molecule is CC(C)=C1CCC2(CC1)N=C(c1cc(Cl)cc(Cl)c1)C(=O)N2C(CCC(C)(C)C)c1ccc(C(=O)NCc2cn[nH]n2)cc1. The Morgan fingerprint density at radius 1 is 1.07 bits per heavy atom. The highest BCUT2D eigenvalue weighted by molar-refractivity contribution is 6.47. The Kier molecular flexibility index (Phi) is 9.33. The van der Waals surface area contributed by atoms with E-state index in [0.29, 0.717) is 32.6 Å². The topological polar surface area (TPSA) is 103 Å². The maximum absolute atomic E-state index is 14.5. The van der Waals surface area contributed by atoms with E-state index in [1.54, 1.807) is 24.4 Å². The molecule has 10 heteroatoms. The number of carbonyl (C=O) groups is 2. The second-order valence-corrected chi connectivity index (χ2v) is 14.1. The first-order valence-corrected chi connectivity index (χ1v) is 15.9. The summed E-state index contributed by atoms with van der Waals surface area (Å²) >= 11 is 12.8.